The summed E-state index contributed by atoms with van der Waals surface area (Å²) in [6.07, 6.45) is -0.384. The van der Waals surface area contributed by atoms with Crippen molar-refractivity contribution in [2.24, 2.45) is 0 Å². The van der Waals surface area contributed by atoms with Crippen molar-refractivity contribution in [2.75, 3.05) is 0 Å². The minimum absolute atomic E-state index is 0.384. The third-order valence-corrected chi connectivity index (χ3v) is 3.74. The van der Waals surface area contributed by atoms with Crippen LogP contribution < -0.4 is 0 Å². The fourth-order valence-electron chi connectivity index (χ4n) is 2.02. The summed E-state index contributed by atoms with van der Waals surface area (Å²) in [6, 6.07) is 0. The number of Topliss-reactive ketones (excluding diaryl/α,β-unsaturated/α-hetero) is 2. The molecule has 0 amide bonds. The van der Waals surface area contributed by atoms with Gasteiger partial charge in [0.2, 0.25) is 11.6 Å². The molecule has 0 aromatic rings. The van der Waals surface area contributed by atoms with E-state index < -0.39 is 34.3 Å². The molecule has 0 radical (unpaired) electrons. The van der Waals surface area contributed by atoms with Crippen LogP contribution in [0.3, 0.4) is 0 Å². The molecule has 0 spiro atoms. The van der Waals surface area contributed by atoms with Gasteiger partial charge >= 0.3 is 0 Å². The van der Waals surface area contributed by atoms with E-state index in [4.69, 9.17) is 9.47 Å². The molecule has 19 heavy (non-hydrogen) atoms. The van der Waals surface area contributed by atoms with Crippen molar-refractivity contribution >= 4 is 11.6 Å². The minimum atomic E-state index is -1.94. The summed E-state index contributed by atoms with van der Waals surface area (Å²) in [5.41, 5.74) is -3.01. The van der Waals surface area contributed by atoms with E-state index in [0.29, 0.717) is 0 Å². The van der Waals surface area contributed by atoms with Gasteiger partial charge in [0.25, 0.3) is 0 Å². The summed E-state index contributed by atoms with van der Waals surface area (Å²) in [5.74, 6) is -4.44. The number of hydrogen-bond donors (Lipinski definition) is 2. The van der Waals surface area contributed by atoms with Crippen molar-refractivity contribution in [2.45, 2.75) is 70.7 Å². The molecule has 0 bridgehead atoms. The molecule has 1 aliphatic rings. The molecule has 1 aliphatic heterocycles. The number of ketones is 2. The Bertz CT molecular complexity index is 413. The second-order valence-electron chi connectivity index (χ2n) is 6.01. The van der Waals surface area contributed by atoms with Crippen molar-refractivity contribution < 1.29 is 29.3 Å². The summed E-state index contributed by atoms with van der Waals surface area (Å²) < 4.78 is 10.9. The number of rotatable bonds is 4. The van der Waals surface area contributed by atoms with E-state index in [-0.39, 0.29) is 6.42 Å². The Morgan fingerprint density at radius 3 is 1.95 bits per heavy atom. The Morgan fingerprint density at radius 1 is 1.16 bits per heavy atom. The molecule has 3 unspecified atom stereocenters. The van der Waals surface area contributed by atoms with E-state index in [1.54, 1.807) is 0 Å². The van der Waals surface area contributed by atoms with Gasteiger partial charge in [-0.3, -0.25) is 9.59 Å². The monoisotopic (exact) mass is 274 g/mol. The summed E-state index contributed by atoms with van der Waals surface area (Å²) >= 11 is 0. The van der Waals surface area contributed by atoms with Gasteiger partial charge in [-0.15, -0.1) is 0 Å². The normalized spacial score (nSPS) is 36.8. The number of hydrogen-bond acceptors (Lipinski definition) is 6. The molecule has 1 saturated heterocycles. The average molecular weight is 274 g/mol. The van der Waals surface area contributed by atoms with Crippen LogP contribution in [-0.4, -0.2) is 44.6 Å². The fraction of sp³-hybridized carbons (Fsp3) is 0.846. The van der Waals surface area contributed by atoms with Crippen molar-refractivity contribution in [1.82, 2.24) is 0 Å². The zero-order chi connectivity index (χ0) is 15.3. The van der Waals surface area contributed by atoms with E-state index in [1.807, 2.05) is 0 Å². The summed E-state index contributed by atoms with van der Waals surface area (Å²) in [6.45, 7) is 8.27. The van der Waals surface area contributed by atoms with E-state index in [1.165, 1.54) is 41.5 Å². The highest BCUT2D eigenvalue weighted by molar-refractivity contribution is 5.84. The highest BCUT2D eigenvalue weighted by atomic mass is 16.8. The van der Waals surface area contributed by atoms with Crippen LogP contribution in [0.2, 0.25) is 0 Å². The van der Waals surface area contributed by atoms with Gasteiger partial charge in [-0.1, -0.05) is 0 Å². The van der Waals surface area contributed by atoms with Crippen LogP contribution in [0.1, 0.15) is 48.0 Å². The van der Waals surface area contributed by atoms with Crippen LogP contribution >= 0.6 is 0 Å². The quantitative estimate of drug-likeness (QED) is 0.777. The SMILES string of the molecule is CC(=O)C(C)(O)CC1(O)OC(C)(C(C)=O)OC1(C)C. The molecule has 1 fully saturated rings. The summed E-state index contributed by atoms with van der Waals surface area (Å²) in [7, 11) is 0. The first-order valence-corrected chi connectivity index (χ1v) is 6.13. The molecule has 2 N–H and O–H groups in total. The Hall–Kier alpha value is -0.820. The second-order valence-corrected chi connectivity index (χ2v) is 6.01. The van der Waals surface area contributed by atoms with Crippen LogP contribution in [0.5, 0.6) is 0 Å². The van der Waals surface area contributed by atoms with Crippen LogP contribution in [0.15, 0.2) is 0 Å². The van der Waals surface area contributed by atoms with Gasteiger partial charge in [0.15, 0.2) is 11.6 Å². The van der Waals surface area contributed by atoms with Crippen molar-refractivity contribution in [3.8, 4) is 0 Å². The first kappa shape index (κ1) is 16.2. The maximum atomic E-state index is 11.6. The lowest BCUT2D eigenvalue weighted by molar-refractivity contribution is -0.253. The summed E-state index contributed by atoms with van der Waals surface area (Å²) in [4.78, 5) is 22.9. The van der Waals surface area contributed by atoms with Crippen molar-refractivity contribution in [1.29, 1.82) is 0 Å². The number of carbonyl (C=O) groups is 2. The van der Waals surface area contributed by atoms with Gasteiger partial charge in [-0.05, 0) is 34.6 Å². The molecule has 0 aromatic heterocycles. The average Bonchev–Trinajstić information content (AvgIpc) is 2.31. The van der Waals surface area contributed by atoms with E-state index >= 15 is 0 Å². The molecule has 1 heterocycles. The minimum Gasteiger partial charge on any atom is -0.382 e. The lowest BCUT2D eigenvalue weighted by Crippen LogP contribution is -2.54. The maximum Gasteiger partial charge on any atom is 0.229 e. The van der Waals surface area contributed by atoms with Gasteiger partial charge in [0, 0.05) is 13.3 Å². The van der Waals surface area contributed by atoms with E-state index in [9.17, 15) is 19.8 Å². The van der Waals surface area contributed by atoms with Gasteiger partial charge in [-0.2, -0.15) is 0 Å². The molecule has 110 valence electrons. The van der Waals surface area contributed by atoms with Crippen LogP contribution in [0, 0.1) is 0 Å². The number of aliphatic hydroxyl groups is 2. The van der Waals surface area contributed by atoms with Gasteiger partial charge in [-0.25, -0.2) is 0 Å². The first-order valence-electron chi connectivity index (χ1n) is 6.13. The number of ether oxygens (including phenoxy) is 2. The van der Waals surface area contributed by atoms with Gasteiger partial charge < -0.3 is 19.7 Å². The molecule has 0 aromatic carbocycles. The van der Waals surface area contributed by atoms with Gasteiger partial charge in [0.1, 0.15) is 11.2 Å². The lowest BCUT2D eigenvalue weighted by atomic mass is 9.85. The smallest absolute Gasteiger partial charge is 0.229 e. The summed E-state index contributed by atoms with van der Waals surface area (Å²) in [5, 5.41) is 20.6. The largest absolute Gasteiger partial charge is 0.382 e. The van der Waals surface area contributed by atoms with Gasteiger partial charge in [0.05, 0.1) is 0 Å². The van der Waals surface area contributed by atoms with Crippen molar-refractivity contribution in [3.05, 3.63) is 0 Å². The Labute approximate surface area is 112 Å². The number of carbonyl (C=O) groups excluding carboxylic acids is 2. The zero-order valence-corrected chi connectivity index (χ0v) is 12.2. The predicted octanol–water partition coefficient (Wildman–Crippen LogP) is 0.536. The topological polar surface area (TPSA) is 93.1 Å². The third kappa shape index (κ3) is 2.72. The molecule has 1 rings (SSSR count). The third-order valence-electron chi connectivity index (χ3n) is 3.74. The Kier molecular flexibility index (Phi) is 3.71. The van der Waals surface area contributed by atoms with Crippen molar-refractivity contribution in [3.63, 3.8) is 0 Å². The van der Waals surface area contributed by atoms with Crippen LogP contribution in [0.25, 0.3) is 0 Å². The zero-order valence-electron chi connectivity index (χ0n) is 12.2. The molecule has 6 heteroatoms. The highest BCUT2D eigenvalue weighted by Crippen LogP contribution is 2.46. The van der Waals surface area contributed by atoms with Crippen LogP contribution in [-0.2, 0) is 19.1 Å². The van der Waals surface area contributed by atoms with Crippen LogP contribution in [0.4, 0.5) is 0 Å². The van der Waals surface area contributed by atoms with E-state index in [2.05, 4.69) is 0 Å². The lowest BCUT2D eigenvalue weighted by Gasteiger charge is -2.37. The molecule has 6 nitrogen and oxygen atoms in total. The predicted molar refractivity (Wildman–Crippen MR) is 66.2 cm³/mol. The Balaban J connectivity index is 3.11. The fourth-order valence-corrected chi connectivity index (χ4v) is 2.02. The molecule has 0 aliphatic carbocycles. The maximum absolute atomic E-state index is 11.6. The molecular formula is C13H22O6. The standard InChI is InChI=1S/C13H22O6/c1-8(14)11(5,16)7-13(17)10(3,4)18-12(6,19-13)9(2)15/h16-17H,7H2,1-6H3. The molecule has 3 atom stereocenters. The molecular weight excluding hydrogens is 252 g/mol. The van der Waals surface area contributed by atoms with E-state index in [0.717, 1.165) is 0 Å². The molecule has 0 saturated carbocycles. The highest BCUT2D eigenvalue weighted by Gasteiger charge is 2.63. The first-order chi connectivity index (χ1) is 8.26. The Morgan fingerprint density at radius 2 is 1.63 bits per heavy atom. The second kappa shape index (κ2) is 4.34.